The monoisotopic (exact) mass is 239 g/mol. The first-order valence-electron chi connectivity index (χ1n) is 6.24. The molecule has 0 aliphatic carbocycles. The van der Waals surface area contributed by atoms with Crippen LogP contribution in [0.5, 0.6) is 5.75 Å². The van der Waals surface area contributed by atoms with E-state index in [-0.39, 0.29) is 11.5 Å². The van der Waals surface area contributed by atoms with E-state index in [1.165, 1.54) is 11.1 Å². The standard InChI is InChI=1S/C16H17NO/c1-16(2)13-10-12(18)8-9-14(13)17-15(16)11-6-4-3-5-7-11/h3-10,15,17-18H,1-2H3. The molecular weight excluding hydrogens is 222 g/mol. The number of hydrogen-bond acceptors (Lipinski definition) is 2. The first-order chi connectivity index (χ1) is 8.59. The van der Waals surface area contributed by atoms with Gasteiger partial charge in [-0.05, 0) is 29.3 Å². The number of nitrogens with one attached hydrogen (secondary N) is 1. The Bertz CT molecular complexity index is 575. The Morgan fingerprint density at radius 1 is 1.06 bits per heavy atom. The summed E-state index contributed by atoms with van der Waals surface area (Å²) in [5.74, 6) is 0.331. The van der Waals surface area contributed by atoms with E-state index in [9.17, 15) is 5.11 Å². The normalized spacial score (nSPS) is 20.2. The summed E-state index contributed by atoms with van der Waals surface area (Å²) in [5.41, 5.74) is 3.54. The molecule has 1 heterocycles. The zero-order chi connectivity index (χ0) is 12.8. The van der Waals surface area contributed by atoms with Crippen molar-refractivity contribution < 1.29 is 5.11 Å². The van der Waals surface area contributed by atoms with Gasteiger partial charge in [0, 0.05) is 11.1 Å². The van der Waals surface area contributed by atoms with Gasteiger partial charge in [-0.15, -0.1) is 0 Å². The highest BCUT2D eigenvalue weighted by molar-refractivity contribution is 5.64. The second kappa shape index (κ2) is 3.77. The molecule has 2 aromatic carbocycles. The molecule has 2 N–H and O–H groups in total. The molecule has 0 amide bonds. The number of hydrogen-bond donors (Lipinski definition) is 2. The molecule has 1 aliphatic rings. The van der Waals surface area contributed by atoms with Crippen molar-refractivity contribution in [1.29, 1.82) is 0 Å². The second-order valence-electron chi connectivity index (χ2n) is 5.44. The average Bonchev–Trinajstić information content (AvgIpc) is 2.63. The minimum absolute atomic E-state index is 0.0323. The molecule has 2 nitrogen and oxygen atoms in total. The Labute approximate surface area is 107 Å². The average molecular weight is 239 g/mol. The van der Waals surface area contributed by atoms with Crippen LogP contribution in [0.15, 0.2) is 48.5 Å². The van der Waals surface area contributed by atoms with Crippen LogP contribution < -0.4 is 5.32 Å². The van der Waals surface area contributed by atoms with E-state index in [2.05, 4.69) is 43.4 Å². The van der Waals surface area contributed by atoms with Crippen molar-refractivity contribution in [2.24, 2.45) is 0 Å². The topological polar surface area (TPSA) is 32.3 Å². The highest BCUT2D eigenvalue weighted by Gasteiger charge is 2.40. The SMILES string of the molecule is CC1(C)c2cc(O)ccc2NC1c1ccccc1. The molecule has 1 aliphatic heterocycles. The van der Waals surface area contributed by atoms with Crippen molar-refractivity contribution in [1.82, 2.24) is 0 Å². The van der Waals surface area contributed by atoms with Crippen molar-refractivity contribution in [3.63, 3.8) is 0 Å². The van der Waals surface area contributed by atoms with Crippen molar-refractivity contribution in [2.75, 3.05) is 5.32 Å². The second-order valence-corrected chi connectivity index (χ2v) is 5.44. The summed E-state index contributed by atoms with van der Waals surface area (Å²) in [6.07, 6.45) is 0. The molecular formula is C16H17NO. The van der Waals surface area contributed by atoms with Crippen LogP contribution in [0.1, 0.15) is 31.0 Å². The number of benzene rings is 2. The molecule has 92 valence electrons. The maximum absolute atomic E-state index is 9.66. The number of fused-ring (bicyclic) bond motifs is 1. The third-order valence-corrected chi connectivity index (χ3v) is 3.85. The molecule has 0 radical (unpaired) electrons. The Balaban J connectivity index is 2.08. The van der Waals surface area contributed by atoms with E-state index in [1.54, 1.807) is 6.07 Å². The molecule has 1 unspecified atom stereocenters. The largest absolute Gasteiger partial charge is 0.508 e. The van der Waals surface area contributed by atoms with E-state index >= 15 is 0 Å². The van der Waals surface area contributed by atoms with Crippen molar-refractivity contribution in [2.45, 2.75) is 25.3 Å². The minimum Gasteiger partial charge on any atom is -0.508 e. The van der Waals surface area contributed by atoms with Gasteiger partial charge < -0.3 is 10.4 Å². The summed E-state index contributed by atoms with van der Waals surface area (Å²) >= 11 is 0. The predicted octanol–water partition coefficient (Wildman–Crippen LogP) is 3.84. The molecule has 0 saturated carbocycles. The summed E-state index contributed by atoms with van der Waals surface area (Å²) in [6, 6.07) is 16.2. The van der Waals surface area contributed by atoms with Crippen LogP contribution in [0.25, 0.3) is 0 Å². The van der Waals surface area contributed by atoms with Gasteiger partial charge in [-0.2, -0.15) is 0 Å². The molecule has 2 aromatic rings. The number of phenols is 1. The van der Waals surface area contributed by atoms with Crippen LogP contribution in [-0.2, 0) is 5.41 Å². The predicted molar refractivity (Wildman–Crippen MR) is 73.9 cm³/mol. The molecule has 2 heteroatoms. The highest BCUT2D eigenvalue weighted by atomic mass is 16.3. The van der Waals surface area contributed by atoms with Crippen LogP contribution >= 0.6 is 0 Å². The van der Waals surface area contributed by atoms with Crippen LogP contribution in [0.3, 0.4) is 0 Å². The van der Waals surface area contributed by atoms with Crippen LogP contribution in [-0.4, -0.2) is 5.11 Å². The lowest BCUT2D eigenvalue weighted by Crippen LogP contribution is -2.25. The van der Waals surface area contributed by atoms with Gasteiger partial charge >= 0.3 is 0 Å². The molecule has 0 spiro atoms. The van der Waals surface area contributed by atoms with E-state index < -0.39 is 0 Å². The number of aromatic hydroxyl groups is 1. The van der Waals surface area contributed by atoms with E-state index in [0.717, 1.165) is 5.69 Å². The third kappa shape index (κ3) is 1.57. The summed E-state index contributed by atoms with van der Waals surface area (Å²) < 4.78 is 0. The maximum atomic E-state index is 9.66. The molecule has 0 fully saturated rings. The Kier molecular flexibility index (Phi) is 2.34. The molecule has 1 atom stereocenters. The lowest BCUT2D eigenvalue weighted by atomic mass is 9.78. The fourth-order valence-electron chi connectivity index (χ4n) is 2.83. The minimum atomic E-state index is -0.0323. The van der Waals surface area contributed by atoms with Crippen molar-refractivity contribution in [3.05, 3.63) is 59.7 Å². The van der Waals surface area contributed by atoms with Gasteiger partial charge in [-0.25, -0.2) is 0 Å². The van der Waals surface area contributed by atoms with Gasteiger partial charge in [0.1, 0.15) is 5.75 Å². The van der Waals surface area contributed by atoms with Crippen molar-refractivity contribution in [3.8, 4) is 5.75 Å². The van der Waals surface area contributed by atoms with Gasteiger partial charge in [0.05, 0.1) is 6.04 Å². The third-order valence-electron chi connectivity index (χ3n) is 3.85. The highest BCUT2D eigenvalue weighted by Crippen LogP contribution is 2.49. The van der Waals surface area contributed by atoms with Crippen LogP contribution in [0.4, 0.5) is 5.69 Å². The first kappa shape index (κ1) is 11.1. The molecule has 0 saturated heterocycles. The summed E-state index contributed by atoms with van der Waals surface area (Å²) in [4.78, 5) is 0. The zero-order valence-electron chi connectivity index (χ0n) is 10.6. The molecule has 0 aromatic heterocycles. The summed E-state index contributed by atoms with van der Waals surface area (Å²) in [5, 5.41) is 13.2. The van der Waals surface area contributed by atoms with E-state index in [4.69, 9.17) is 0 Å². The lowest BCUT2D eigenvalue weighted by molar-refractivity contribution is 0.457. The van der Waals surface area contributed by atoms with Crippen LogP contribution in [0, 0.1) is 0 Å². The van der Waals surface area contributed by atoms with E-state index in [0.29, 0.717) is 5.75 Å². The van der Waals surface area contributed by atoms with Gasteiger partial charge in [-0.3, -0.25) is 0 Å². The summed E-state index contributed by atoms with van der Waals surface area (Å²) in [7, 11) is 0. The smallest absolute Gasteiger partial charge is 0.116 e. The molecule has 18 heavy (non-hydrogen) atoms. The van der Waals surface area contributed by atoms with Crippen LogP contribution in [0.2, 0.25) is 0 Å². The molecule has 3 rings (SSSR count). The Morgan fingerprint density at radius 3 is 2.50 bits per heavy atom. The molecule has 0 bridgehead atoms. The summed E-state index contributed by atoms with van der Waals surface area (Å²) in [6.45, 7) is 4.42. The van der Waals surface area contributed by atoms with Gasteiger partial charge in [0.25, 0.3) is 0 Å². The lowest BCUT2D eigenvalue weighted by Gasteiger charge is -2.28. The maximum Gasteiger partial charge on any atom is 0.116 e. The van der Waals surface area contributed by atoms with E-state index in [1.807, 2.05) is 18.2 Å². The Hall–Kier alpha value is -1.96. The number of anilines is 1. The fourth-order valence-corrected chi connectivity index (χ4v) is 2.83. The quantitative estimate of drug-likeness (QED) is 0.741. The fraction of sp³-hybridized carbons (Fsp3) is 0.250. The Morgan fingerprint density at radius 2 is 1.78 bits per heavy atom. The van der Waals surface area contributed by atoms with Gasteiger partial charge in [0.2, 0.25) is 0 Å². The van der Waals surface area contributed by atoms with Gasteiger partial charge in [-0.1, -0.05) is 44.2 Å². The number of phenolic OH excluding ortho intramolecular Hbond substituents is 1. The van der Waals surface area contributed by atoms with Gasteiger partial charge in [0.15, 0.2) is 0 Å². The van der Waals surface area contributed by atoms with Crippen molar-refractivity contribution >= 4 is 5.69 Å². The zero-order valence-corrected chi connectivity index (χ0v) is 10.6. The number of rotatable bonds is 1. The first-order valence-corrected chi connectivity index (χ1v) is 6.24.